The minimum absolute atomic E-state index is 0.403. The van der Waals surface area contributed by atoms with Gasteiger partial charge >= 0.3 is 5.97 Å². The summed E-state index contributed by atoms with van der Waals surface area (Å²) in [7, 11) is 0. The Morgan fingerprint density at radius 1 is 1.09 bits per heavy atom. The molecule has 3 saturated carbocycles. The Balaban J connectivity index is 1.57. The second kappa shape index (κ2) is 8.92. The number of aliphatic hydroxyl groups is 2. The monoisotopic (exact) mass is 464 g/mol. The number of rotatable bonds is 5. The first-order chi connectivity index (χ1) is 15.4. The third-order valence-electron chi connectivity index (χ3n) is 9.69. The van der Waals surface area contributed by atoms with Crippen molar-refractivity contribution in [2.75, 3.05) is 0 Å². The van der Waals surface area contributed by atoms with E-state index in [9.17, 15) is 15.0 Å². The second-order valence-corrected chi connectivity index (χ2v) is 12.1. The van der Waals surface area contributed by atoms with Crippen molar-refractivity contribution in [3.8, 4) is 0 Å². The van der Waals surface area contributed by atoms with Crippen LogP contribution in [0.2, 0.25) is 0 Å². The first kappa shape index (κ1) is 25.2. The highest BCUT2D eigenvalue weighted by atomic mass is 16.7. The average molecular weight is 465 g/mol. The van der Waals surface area contributed by atoms with E-state index in [0.29, 0.717) is 23.2 Å². The Bertz CT molecular complexity index is 777. The fraction of sp³-hybridized carbons (Fsp3) is 0.889. The highest BCUT2D eigenvalue weighted by Crippen LogP contribution is 2.71. The summed E-state index contributed by atoms with van der Waals surface area (Å²) in [5, 5.41) is 21.3. The Labute approximate surface area is 199 Å². The fourth-order valence-electron chi connectivity index (χ4n) is 7.38. The molecule has 6 heteroatoms. The van der Waals surface area contributed by atoms with Crippen LogP contribution in [0.5, 0.6) is 0 Å². The molecule has 6 nitrogen and oxygen atoms in total. The molecule has 4 aliphatic rings. The van der Waals surface area contributed by atoms with Crippen LogP contribution in [0.15, 0.2) is 11.6 Å². The quantitative estimate of drug-likeness (QED) is 0.468. The summed E-state index contributed by atoms with van der Waals surface area (Å²) < 4.78 is 18.4. The molecule has 0 bridgehead atoms. The topological polar surface area (TPSA) is 85.2 Å². The standard InChI is InChI=1S/C27H44O6/c1-8-14(2)13-19(28)32-24-23(30)22(29)16(4)31-25(24)33-27(7)12-11-18-21(26(18,5)6)20-15(3)9-10-17(20)27/h13,15-18,20-25,29-30H,8-12H2,1-7H3/b14-13+/t15-,16-,17+,18-,20-,21-,22+,23-,24+,25+,27-/m1/s1. The van der Waals surface area contributed by atoms with Crippen molar-refractivity contribution in [1.82, 2.24) is 0 Å². The van der Waals surface area contributed by atoms with E-state index in [1.54, 1.807) is 6.92 Å². The van der Waals surface area contributed by atoms with Crippen LogP contribution in [0.25, 0.3) is 0 Å². The van der Waals surface area contributed by atoms with Gasteiger partial charge in [0.05, 0.1) is 11.7 Å². The molecule has 1 heterocycles. The van der Waals surface area contributed by atoms with Gasteiger partial charge in [0.15, 0.2) is 12.4 Å². The molecule has 4 fully saturated rings. The van der Waals surface area contributed by atoms with Gasteiger partial charge in [-0.1, -0.05) is 39.7 Å². The lowest BCUT2D eigenvalue weighted by Gasteiger charge is -2.47. The first-order valence-corrected chi connectivity index (χ1v) is 13.0. The zero-order valence-corrected chi connectivity index (χ0v) is 21.4. The molecule has 1 saturated heterocycles. The molecule has 4 rings (SSSR count). The van der Waals surface area contributed by atoms with Gasteiger partial charge in [-0.15, -0.1) is 0 Å². The number of ether oxygens (including phenoxy) is 3. The van der Waals surface area contributed by atoms with E-state index in [4.69, 9.17) is 14.2 Å². The van der Waals surface area contributed by atoms with Gasteiger partial charge < -0.3 is 24.4 Å². The summed E-state index contributed by atoms with van der Waals surface area (Å²) in [5.41, 5.74) is 0.865. The van der Waals surface area contributed by atoms with Crippen LogP contribution in [0.1, 0.15) is 80.6 Å². The molecule has 0 amide bonds. The molecule has 2 N–H and O–H groups in total. The van der Waals surface area contributed by atoms with E-state index < -0.39 is 42.3 Å². The van der Waals surface area contributed by atoms with E-state index in [1.165, 1.54) is 12.5 Å². The smallest absolute Gasteiger partial charge is 0.331 e. The summed E-state index contributed by atoms with van der Waals surface area (Å²) in [6, 6.07) is 0. The van der Waals surface area contributed by atoms with E-state index in [0.717, 1.165) is 43.1 Å². The van der Waals surface area contributed by atoms with Gasteiger partial charge in [0, 0.05) is 6.08 Å². The number of hydrogen-bond acceptors (Lipinski definition) is 6. The SMILES string of the molecule is CC/C(C)=C/C(=O)O[C@@H]1[C@H](O[C@]2(C)CC[C@@H]3[C@H]([C@@H]4[C@H](C)CC[C@@H]42)C3(C)C)O[C@H](C)[C@H](O)[C@H]1O. The molecule has 3 aliphatic carbocycles. The Hall–Kier alpha value is -0.950. The normalized spacial score (nSPS) is 49.1. The molecule has 1 aliphatic heterocycles. The number of fused-ring (bicyclic) bond motifs is 3. The van der Waals surface area contributed by atoms with Crippen LogP contribution >= 0.6 is 0 Å². The summed E-state index contributed by atoms with van der Waals surface area (Å²) >= 11 is 0. The predicted octanol–water partition coefficient (Wildman–Crippen LogP) is 4.22. The maximum Gasteiger partial charge on any atom is 0.331 e. The lowest BCUT2D eigenvalue weighted by molar-refractivity contribution is -0.328. The predicted molar refractivity (Wildman–Crippen MR) is 125 cm³/mol. The number of esters is 1. The molecule has 0 aromatic carbocycles. The van der Waals surface area contributed by atoms with Gasteiger partial charge in [0.2, 0.25) is 0 Å². The number of hydrogen-bond donors (Lipinski definition) is 2. The number of allylic oxidation sites excluding steroid dienone is 1. The average Bonchev–Trinajstić information content (AvgIpc) is 3.12. The van der Waals surface area contributed by atoms with Gasteiger partial charge in [-0.2, -0.15) is 0 Å². The molecule has 0 unspecified atom stereocenters. The van der Waals surface area contributed by atoms with Crippen LogP contribution in [0, 0.1) is 35.0 Å². The van der Waals surface area contributed by atoms with Crippen molar-refractivity contribution in [3.63, 3.8) is 0 Å². The number of carbonyl (C=O) groups excluding carboxylic acids is 1. The molecule has 33 heavy (non-hydrogen) atoms. The zero-order chi connectivity index (χ0) is 24.3. The molecule has 0 radical (unpaired) electrons. The Morgan fingerprint density at radius 2 is 1.79 bits per heavy atom. The Morgan fingerprint density at radius 3 is 2.45 bits per heavy atom. The summed E-state index contributed by atoms with van der Waals surface area (Å²) in [6.07, 6.45) is 1.52. The van der Waals surface area contributed by atoms with Crippen LogP contribution in [0.3, 0.4) is 0 Å². The summed E-state index contributed by atoms with van der Waals surface area (Å²) in [4.78, 5) is 12.5. The molecule has 0 aromatic rings. The number of carbonyl (C=O) groups is 1. The molecule has 0 spiro atoms. The third-order valence-corrected chi connectivity index (χ3v) is 9.69. The van der Waals surface area contributed by atoms with Crippen molar-refractivity contribution in [3.05, 3.63) is 11.6 Å². The summed E-state index contributed by atoms with van der Waals surface area (Å²) in [6.45, 7) is 14.9. The molecular weight excluding hydrogens is 420 g/mol. The molecule has 0 aromatic heterocycles. The lowest BCUT2D eigenvalue weighted by Crippen LogP contribution is -2.61. The summed E-state index contributed by atoms with van der Waals surface area (Å²) in [5.74, 6) is 2.61. The van der Waals surface area contributed by atoms with Crippen molar-refractivity contribution in [1.29, 1.82) is 0 Å². The minimum Gasteiger partial charge on any atom is -0.451 e. The van der Waals surface area contributed by atoms with E-state index in [-0.39, 0.29) is 0 Å². The number of aliphatic hydroxyl groups excluding tert-OH is 2. The van der Waals surface area contributed by atoms with Gasteiger partial charge in [-0.3, -0.25) is 0 Å². The van der Waals surface area contributed by atoms with Crippen molar-refractivity contribution >= 4 is 5.97 Å². The Kier molecular flexibility index (Phi) is 6.80. The molecule has 11 atom stereocenters. The first-order valence-electron chi connectivity index (χ1n) is 13.0. The zero-order valence-electron chi connectivity index (χ0n) is 21.4. The van der Waals surface area contributed by atoms with Crippen molar-refractivity contribution in [2.24, 2.45) is 35.0 Å². The van der Waals surface area contributed by atoms with Crippen LogP contribution in [-0.2, 0) is 19.0 Å². The van der Waals surface area contributed by atoms with Gasteiger partial charge in [-0.05, 0) is 81.5 Å². The largest absolute Gasteiger partial charge is 0.451 e. The third kappa shape index (κ3) is 4.41. The maximum atomic E-state index is 12.5. The highest BCUT2D eigenvalue weighted by molar-refractivity contribution is 5.82. The van der Waals surface area contributed by atoms with Gasteiger partial charge in [-0.25, -0.2) is 4.79 Å². The van der Waals surface area contributed by atoms with Crippen molar-refractivity contribution in [2.45, 2.75) is 117 Å². The van der Waals surface area contributed by atoms with Crippen LogP contribution in [-0.4, -0.2) is 52.5 Å². The van der Waals surface area contributed by atoms with Gasteiger partial charge in [0.1, 0.15) is 12.2 Å². The maximum absolute atomic E-state index is 12.5. The van der Waals surface area contributed by atoms with Crippen LogP contribution in [0.4, 0.5) is 0 Å². The fourth-order valence-corrected chi connectivity index (χ4v) is 7.38. The highest BCUT2D eigenvalue weighted by Gasteiger charge is 2.67. The second-order valence-electron chi connectivity index (χ2n) is 12.1. The minimum atomic E-state index is -1.27. The van der Waals surface area contributed by atoms with Gasteiger partial charge in [0.25, 0.3) is 0 Å². The van der Waals surface area contributed by atoms with Crippen LogP contribution < -0.4 is 0 Å². The molecular formula is C27H44O6. The van der Waals surface area contributed by atoms with E-state index >= 15 is 0 Å². The molecule has 188 valence electrons. The van der Waals surface area contributed by atoms with E-state index in [1.807, 2.05) is 13.8 Å². The van der Waals surface area contributed by atoms with Crippen molar-refractivity contribution < 1.29 is 29.2 Å². The lowest BCUT2D eigenvalue weighted by atomic mass is 9.74. The van der Waals surface area contributed by atoms with E-state index in [2.05, 4.69) is 27.7 Å².